The average molecular weight is 229 g/mol. The molecule has 0 radical (unpaired) electrons. The van der Waals surface area contributed by atoms with E-state index in [0.717, 1.165) is 6.42 Å². The highest BCUT2D eigenvalue weighted by Crippen LogP contribution is 2.19. The molecule has 3 nitrogen and oxygen atoms in total. The van der Waals surface area contributed by atoms with E-state index in [-0.39, 0.29) is 12.5 Å². The predicted molar refractivity (Wildman–Crippen MR) is 50.4 cm³/mol. The van der Waals surface area contributed by atoms with Gasteiger partial charge in [0.25, 0.3) is 0 Å². The molecule has 92 valence electrons. The number of rotatable bonds is 7. The van der Waals surface area contributed by atoms with Crippen LogP contribution < -0.4 is 5.32 Å². The second-order valence-corrected chi connectivity index (χ2v) is 3.50. The quantitative estimate of drug-likeness (QED) is 0.608. The Bertz CT molecular complexity index is 164. The summed E-state index contributed by atoms with van der Waals surface area (Å²) in [6.07, 6.45) is -5.53. The lowest BCUT2D eigenvalue weighted by atomic mass is 10.0. The van der Waals surface area contributed by atoms with Crippen LogP contribution in [0.2, 0.25) is 0 Å². The van der Waals surface area contributed by atoms with E-state index in [4.69, 9.17) is 10.2 Å². The number of hydrogen-bond acceptors (Lipinski definition) is 3. The van der Waals surface area contributed by atoms with Crippen LogP contribution in [0.1, 0.15) is 19.8 Å². The third-order valence-corrected chi connectivity index (χ3v) is 2.26. The van der Waals surface area contributed by atoms with Crippen molar-refractivity contribution in [3.8, 4) is 0 Å². The Morgan fingerprint density at radius 2 is 1.87 bits per heavy atom. The minimum atomic E-state index is -4.56. The Morgan fingerprint density at radius 3 is 2.27 bits per heavy atom. The molecule has 0 amide bonds. The van der Waals surface area contributed by atoms with E-state index in [2.05, 4.69) is 5.32 Å². The molecular weight excluding hydrogens is 211 g/mol. The predicted octanol–water partition coefficient (Wildman–Crippen LogP) is 0.908. The zero-order valence-electron chi connectivity index (χ0n) is 8.72. The van der Waals surface area contributed by atoms with Crippen LogP contribution in [0.5, 0.6) is 0 Å². The van der Waals surface area contributed by atoms with Gasteiger partial charge in [-0.2, -0.15) is 13.2 Å². The van der Waals surface area contributed by atoms with Gasteiger partial charge in [-0.25, -0.2) is 0 Å². The first-order valence-corrected chi connectivity index (χ1v) is 4.98. The molecule has 2 atom stereocenters. The fraction of sp³-hybridized carbons (Fsp3) is 1.00. The molecule has 0 aromatic rings. The van der Waals surface area contributed by atoms with Crippen molar-refractivity contribution >= 4 is 0 Å². The van der Waals surface area contributed by atoms with Crippen molar-refractivity contribution in [3.05, 3.63) is 0 Å². The van der Waals surface area contributed by atoms with E-state index in [1.54, 1.807) is 0 Å². The first-order valence-electron chi connectivity index (χ1n) is 4.98. The summed E-state index contributed by atoms with van der Waals surface area (Å²) in [6, 6.07) is 0. The van der Waals surface area contributed by atoms with Crippen LogP contribution in [0.3, 0.4) is 0 Å². The summed E-state index contributed by atoms with van der Waals surface area (Å²) in [7, 11) is 0. The summed E-state index contributed by atoms with van der Waals surface area (Å²) in [5.41, 5.74) is 0. The van der Waals surface area contributed by atoms with E-state index >= 15 is 0 Å². The zero-order chi connectivity index (χ0) is 11.9. The summed E-state index contributed by atoms with van der Waals surface area (Å²) in [4.78, 5) is 0. The largest absolute Gasteiger partial charge is 0.415 e. The number of alkyl halides is 3. The Morgan fingerprint density at radius 1 is 1.27 bits per heavy atom. The van der Waals surface area contributed by atoms with Gasteiger partial charge in [0, 0.05) is 13.2 Å². The van der Waals surface area contributed by atoms with Crippen molar-refractivity contribution in [2.45, 2.75) is 32.0 Å². The minimum absolute atomic E-state index is 0.0298. The average Bonchev–Trinajstić information content (AvgIpc) is 2.14. The van der Waals surface area contributed by atoms with Crippen LogP contribution in [-0.2, 0) is 0 Å². The van der Waals surface area contributed by atoms with Crippen LogP contribution in [0.4, 0.5) is 13.2 Å². The van der Waals surface area contributed by atoms with E-state index in [0.29, 0.717) is 13.0 Å². The van der Waals surface area contributed by atoms with Crippen LogP contribution >= 0.6 is 0 Å². The smallest absolute Gasteiger partial charge is 0.396 e. The molecule has 6 heteroatoms. The lowest BCUT2D eigenvalue weighted by Gasteiger charge is -2.18. The molecule has 0 aliphatic rings. The van der Waals surface area contributed by atoms with Gasteiger partial charge in [0.05, 0.1) is 0 Å². The number of aliphatic hydroxyl groups is 2. The van der Waals surface area contributed by atoms with Gasteiger partial charge in [-0.15, -0.1) is 0 Å². The normalized spacial score (nSPS) is 16.4. The molecule has 0 heterocycles. The molecule has 0 aliphatic carbocycles. The first-order chi connectivity index (χ1) is 6.91. The Balaban J connectivity index is 3.68. The summed E-state index contributed by atoms with van der Waals surface area (Å²) in [5.74, 6) is 0.149. The first kappa shape index (κ1) is 14.7. The van der Waals surface area contributed by atoms with Crippen molar-refractivity contribution in [2.24, 2.45) is 5.92 Å². The SMILES string of the molecule is CCC(CCO)CNCC(O)C(F)(F)F. The van der Waals surface area contributed by atoms with E-state index in [1.165, 1.54) is 0 Å². The third-order valence-electron chi connectivity index (χ3n) is 2.26. The molecule has 0 rings (SSSR count). The van der Waals surface area contributed by atoms with Crippen LogP contribution in [0.15, 0.2) is 0 Å². The van der Waals surface area contributed by atoms with Gasteiger partial charge in [-0.05, 0) is 18.9 Å². The highest BCUT2D eigenvalue weighted by molar-refractivity contribution is 4.69. The summed E-state index contributed by atoms with van der Waals surface area (Å²) < 4.78 is 35.6. The van der Waals surface area contributed by atoms with Gasteiger partial charge in [0.15, 0.2) is 6.10 Å². The van der Waals surface area contributed by atoms with E-state index < -0.39 is 18.8 Å². The molecule has 15 heavy (non-hydrogen) atoms. The lowest BCUT2D eigenvalue weighted by Crippen LogP contribution is -2.40. The fourth-order valence-electron chi connectivity index (χ4n) is 1.17. The molecule has 2 unspecified atom stereocenters. The van der Waals surface area contributed by atoms with Gasteiger partial charge in [-0.3, -0.25) is 0 Å². The monoisotopic (exact) mass is 229 g/mol. The number of nitrogens with one attached hydrogen (secondary N) is 1. The van der Waals surface area contributed by atoms with Crippen molar-refractivity contribution < 1.29 is 23.4 Å². The molecule has 0 bridgehead atoms. The van der Waals surface area contributed by atoms with Crippen molar-refractivity contribution in [1.29, 1.82) is 0 Å². The summed E-state index contributed by atoms with van der Waals surface area (Å²) >= 11 is 0. The van der Waals surface area contributed by atoms with Crippen LogP contribution in [0.25, 0.3) is 0 Å². The topological polar surface area (TPSA) is 52.5 Å². The maximum absolute atomic E-state index is 11.9. The summed E-state index contributed by atoms with van der Waals surface area (Å²) in [6.45, 7) is 1.82. The van der Waals surface area contributed by atoms with Gasteiger partial charge in [0.1, 0.15) is 0 Å². The molecule has 0 aromatic carbocycles. The van der Waals surface area contributed by atoms with E-state index in [9.17, 15) is 13.2 Å². The third kappa shape index (κ3) is 6.70. The van der Waals surface area contributed by atoms with Crippen molar-refractivity contribution in [3.63, 3.8) is 0 Å². The van der Waals surface area contributed by atoms with E-state index in [1.807, 2.05) is 6.92 Å². The number of hydrogen-bond donors (Lipinski definition) is 3. The molecule has 0 fully saturated rings. The molecule has 0 aliphatic heterocycles. The molecule has 0 saturated heterocycles. The Hall–Kier alpha value is -0.330. The maximum atomic E-state index is 11.9. The van der Waals surface area contributed by atoms with Crippen LogP contribution in [0, 0.1) is 5.92 Å². The summed E-state index contributed by atoms with van der Waals surface area (Å²) in [5, 5.41) is 19.9. The highest BCUT2D eigenvalue weighted by Gasteiger charge is 2.37. The highest BCUT2D eigenvalue weighted by atomic mass is 19.4. The molecule has 0 aromatic heterocycles. The molecule has 0 spiro atoms. The van der Waals surface area contributed by atoms with Gasteiger partial charge < -0.3 is 15.5 Å². The second-order valence-electron chi connectivity index (χ2n) is 3.50. The van der Waals surface area contributed by atoms with Crippen LogP contribution in [-0.4, -0.2) is 42.2 Å². The Kier molecular flexibility index (Phi) is 6.87. The second kappa shape index (κ2) is 7.03. The molecule has 0 saturated carbocycles. The lowest BCUT2D eigenvalue weighted by molar-refractivity contribution is -0.201. The van der Waals surface area contributed by atoms with Crippen molar-refractivity contribution in [2.75, 3.05) is 19.7 Å². The minimum Gasteiger partial charge on any atom is -0.396 e. The van der Waals surface area contributed by atoms with Crippen molar-refractivity contribution in [1.82, 2.24) is 5.32 Å². The van der Waals surface area contributed by atoms with Gasteiger partial charge >= 0.3 is 6.18 Å². The zero-order valence-corrected chi connectivity index (χ0v) is 8.72. The Labute approximate surface area is 87.3 Å². The van der Waals surface area contributed by atoms with Gasteiger partial charge in [-0.1, -0.05) is 13.3 Å². The van der Waals surface area contributed by atoms with Gasteiger partial charge in [0.2, 0.25) is 0 Å². The number of halogens is 3. The number of aliphatic hydroxyl groups excluding tert-OH is 2. The fourth-order valence-corrected chi connectivity index (χ4v) is 1.17. The molecule has 3 N–H and O–H groups in total. The standard InChI is InChI=1S/C9H18F3NO2/c1-2-7(3-4-14)5-13-6-8(15)9(10,11)12/h7-8,13-15H,2-6H2,1H3. The maximum Gasteiger partial charge on any atom is 0.415 e. The molecular formula is C9H18F3NO2.